The summed E-state index contributed by atoms with van der Waals surface area (Å²) in [5, 5.41) is 10.9. The van der Waals surface area contributed by atoms with Crippen molar-refractivity contribution < 1.29 is 4.92 Å². The SMILES string of the molecule is Cc1cccc2nc(Cn3cc([N+](=O)[O-])cc(Br)c3=O)cc(=O)n12. The van der Waals surface area contributed by atoms with Crippen LogP contribution in [-0.2, 0) is 6.54 Å². The van der Waals surface area contributed by atoms with Crippen molar-refractivity contribution in [3.05, 3.63) is 83.2 Å². The fourth-order valence-corrected chi connectivity index (χ4v) is 2.88. The molecule has 0 fully saturated rings. The maximum Gasteiger partial charge on any atom is 0.286 e. The van der Waals surface area contributed by atoms with Crippen molar-refractivity contribution in [3.63, 3.8) is 0 Å². The fourth-order valence-electron chi connectivity index (χ4n) is 2.42. The molecule has 0 unspecified atom stereocenters. The van der Waals surface area contributed by atoms with E-state index in [0.29, 0.717) is 11.3 Å². The smallest absolute Gasteiger partial charge is 0.286 e. The first-order valence-electron chi connectivity index (χ1n) is 6.89. The number of halogens is 1. The second kappa shape index (κ2) is 6.00. The molecule has 0 bridgehead atoms. The van der Waals surface area contributed by atoms with E-state index in [1.54, 1.807) is 25.1 Å². The number of pyridine rings is 2. The Kier molecular flexibility index (Phi) is 4.02. The van der Waals surface area contributed by atoms with Crippen LogP contribution in [0, 0.1) is 17.0 Å². The van der Waals surface area contributed by atoms with Gasteiger partial charge in [0.25, 0.3) is 16.8 Å². The normalized spacial score (nSPS) is 10.9. The highest BCUT2D eigenvalue weighted by molar-refractivity contribution is 9.10. The molecule has 8 nitrogen and oxygen atoms in total. The van der Waals surface area contributed by atoms with Gasteiger partial charge in [-0.3, -0.25) is 24.1 Å². The van der Waals surface area contributed by atoms with Gasteiger partial charge in [-0.2, -0.15) is 0 Å². The average Bonchev–Trinajstić information content (AvgIpc) is 2.51. The molecule has 0 aromatic carbocycles. The van der Waals surface area contributed by atoms with Crippen molar-refractivity contribution in [2.45, 2.75) is 13.5 Å². The van der Waals surface area contributed by atoms with E-state index in [-0.39, 0.29) is 22.3 Å². The van der Waals surface area contributed by atoms with Gasteiger partial charge in [-0.25, -0.2) is 4.98 Å². The first-order chi connectivity index (χ1) is 11.4. The van der Waals surface area contributed by atoms with Crippen LogP contribution in [0.4, 0.5) is 5.69 Å². The van der Waals surface area contributed by atoms with E-state index >= 15 is 0 Å². The summed E-state index contributed by atoms with van der Waals surface area (Å²) >= 11 is 3.02. The van der Waals surface area contributed by atoms with Crippen LogP contribution in [0.3, 0.4) is 0 Å². The third-order valence-corrected chi connectivity index (χ3v) is 4.07. The Morgan fingerprint density at radius 3 is 2.75 bits per heavy atom. The lowest BCUT2D eigenvalue weighted by Gasteiger charge is -2.08. The molecule has 0 spiro atoms. The van der Waals surface area contributed by atoms with Crippen LogP contribution in [0.15, 0.2) is 50.6 Å². The Morgan fingerprint density at radius 1 is 1.29 bits per heavy atom. The molecule has 0 N–H and O–H groups in total. The van der Waals surface area contributed by atoms with Crippen molar-refractivity contribution in [3.8, 4) is 0 Å². The van der Waals surface area contributed by atoms with Crippen LogP contribution in [0.25, 0.3) is 5.65 Å². The van der Waals surface area contributed by atoms with Crippen LogP contribution >= 0.6 is 15.9 Å². The van der Waals surface area contributed by atoms with Crippen LogP contribution < -0.4 is 11.1 Å². The highest BCUT2D eigenvalue weighted by atomic mass is 79.9. The van der Waals surface area contributed by atoms with E-state index in [0.717, 1.165) is 22.5 Å². The molecule has 0 radical (unpaired) electrons. The minimum atomic E-state index is -0.591. The van der Waals surface area contributed by atoms with Crippen LogP contribution in [0.1, 0.15) is 11.4 Å². The summed E-state index contributed by atoms with van der Waals surface area (Å²) in [6, 6.07) is 7.71. The summed E-state index contributed by atoms with van der Waals surface area (Å²) in [5.74, 6) is 0. The number of nitrogens with zero attached hydrogens (tertiary/aromatic N) is 4. The number of hydrogen-bond acceptors (Lipinski definition) is 5. The molecule has 0 aliphatic heterocycles. The van der Waals surface area contributed by atoms with Gasteiger partial charge in [-0.15, -0.1) is 0 Å². The minimum absolute atomic E-state index is 0.0429. The van der Waals surface area contributed by atoms with E-state index in [4.69, 9.17) is 0 Å². The molecule has 122 valence electrons. The predicted octanol–water partition coefficient (Wildman–Crippen LogP) is 1.88. The molecule has 0 saturated heterocycles. The Labute approximate surface area is 143 Å². The third kappa shape index (κ3) is 2.85. The Bertz CT molecular complexity index is 1090. The highest BCUT2D eigenvalue weighted by Gasteiger charge is 2.13. The minimum Gasteiger partial charge on any atom is -0.302 e. The standard InChI is InChI=1S/C15H11BrN4O4/c1-9-3-2-4-13-17-10(5-14(21)19(9)13)7-18-8-11(20(23)24)6-12(16)15(18)22/h2-6,8H,7H2,1H3. The molecule has 0 saturated carbocycles. The molecule has 0 amide bonds. The first-order valence-corrected chi connectivity index (χ1v) is 7.69. The number of aromatic nitrogens is 3. The quantitative estimate of drug-likeness (QED) is 0.502. The zero-order valence-corrected chi connectivity index (χ0v) is 14.1. The van der Waals surface area contributed by atoms with Gasteiger partial charge >= 0.3 is 0 Å². The Balaban J connectivity index is 2.13. The second-order valence-corrected chi connectivity index (χ2v) is 6.04. The number of hydrogen-bond donors (Lipinski definition) is 0. The van der Waals surface area contributed by atoms with E-state index < -0.39 is 10.5 Å². The predicted molar refractivity (Wildman–Crippen MR) is 90.4 cm³/mol. The number of nitro groups is 1. The van der Waals surface area contributed by atoms with Gasteiger partial charge in [-0.1, -0.05) is 6.07 Å². The molecule has 3 rings (SSSR count). The molecule has 0 atom stereocenters. The zero-order chi connectivity index (χ0) is 17.4. The average molecular weight is 391 g/mol. The van der Waals surface area contributed by atoms with Crippen molar-refractivity contribution in [1.82, 2.24) is 14.0 Å². The van der Waals surface area contributed by atoms with E-state index in [2.05, 4.69) is 20.9 Å². The monoisotopic (exact) mass is 390 g/mol. The van der Waals surface area contributed by atoms with E-state index in [9.17, 15) is 19.7 Å². The number of rotatable bonds is 3. The highest BCUT2D eigenvalue weighted by Crippen LogP contribution is 2.15. The van der Waals surface area contributed by atoms with Gasteiger partial charge in [0.2, 0.25) is 0 Å². The van der Waals surface area contributed by atoms with Gasteiger partial charge in [0.1, 0.15) is 5.65 Å². The topological polar surface area (TPSA) is 99.5 Å². The van der Waals surface area contributed by atoms with Crippen LogP contribution in [0.5, 0.6) is 0 Å². The summed E-state index contributed by atoms with van der Waals surface area (Å²) in [6.07, 6.45) is 1.13. The van der Waals surface area contributed by atoms with Crippen molar-refractivity contribution in [1.29, 1.82) is 0 Å². The second-order valence-electron chi connectivity index (χ2n) is 5.18. The molecule has 3 aromatic heterocycles. The van der Waals surface area contributed by atoms with Crippen LogP contribution in [-0.4, -0.2) is 18.9 Å². The van der Waals surface area contributed by atoms with Crippen molar-refractivity contribution in [2.75, 3.05) is 0 Å². The molecular formula is C15H11BrN4O4. The molecule has 24 heavy (non-hydrogen) atoms. The van der Waals surface area contributed by atoms with Crippen molar-refractivity contribution >= 4 is 27.3 Å². The first kappa shape index (κ1) is 16.1. The fraction of sp³-hybridized carbons (Fsp3) is 0.133. The lowest BCUT2D eigenvalue weighted by atomic mass is 10.3. The molecular weight excluding hydrogens is 380 g/mol. The summed E-state index contributed by atoms with van der Waals surface area (Å²) in [4.78, 5) is 39.1. The Hall–Kier alpha value is -2.81. The van der Waals surface area contributed by atoms with Crippen LogP contribution in [0.2, 0.25) is 0 Å². The van der Waals surface area contributed by atoms with E-state index in [1.165, 1.54) is 10.5 Å². The summed E-state index contributed by atoms with van der Waals surface area (Å²) < 4.78 is 2.68. The van der Waals surface area contributed by atoms with E-state index in [1.807, 2.05) is 0 Å². The largest absolute Gasteiger partial charge is 0.302 e. The zero-order valence-electron chi connectivity index (χ0n) is 12.5. The van der Waals surface area contributed by atoms with Gasteiger partial charge in [0, 0.05) is 17.8 Å². The lowest BCUT2D eigenvalue weighted by molar-refractivity contribution is -0.385. The number of aryl methyl sites for hydroxylation is 1. The maximum atomic E-state index is 12.3. The molecule has 0 aliphatic carbocycles. The molecule has 0 aliphatic rings. The van der Waals surface area contributed by atoms with Gasteiger partial charge < -0.3 is 4.57 Å². The van der Waals surface area contributed by atoms with Gasteiger partial charge in [-0.05, 0) is 35.0 Å². The molecule has 3 heterocycles. The summed E-state index contributed by atoms with van der Waals surface area (Å²) in [7, 11) is 0. The Morgan fingerprint density at radius 2 is 2.04 bits per heavy atom. The van der Waals surface area contributed by atoms with Gasteiger partial charge in [0.15, 0.2) is 0 Å². The summed E-state index contributed by atoms with van der Waals surface area (Å²) in [6.45, 7) is 1.75. The van der Waals surface area contributed by atoms with Crippen molar-refractivity contribution in [2.24, 2.45) is 0 Å². The number of fused-ring (bicyclic) bond motifs is 1. The lowest BCUT2D eigenvalue weighted by Crippen LogP contribution is -2.24. The summed E-state index contributed by atoms with van der Waals surface area (Å²) in [5.41, 5.74) is 0.606. The molecule has 9 heteroatoms. The maximum absolute atomic E-state index is 12.3. The third-order valence-electron chi connectivity index (χ3n) is 3.50. The molecule has 3 aromatic rings. The van der Waals surface area contributed by atoms with Gasteiger partial charge in [0.05, 0.1) is 27.8 Å².